The highest BCUT2D eigenvalue weighted by molar-refractivity contribution is 5.89. The van der Waals surface area contributed by atoms with Gasteiger partial charge in [0, 0.05) is 6.61 Å². The van der Waals surface area contributed by atoms with E-state index in [0.29, 0.717) is 34.6 Å². The summed E-state index contributed by atoms with van der Waals surface area (Å²) < 4.78 is 16.7. The largest absolute Gasteiger partial charge is 0.491 e. The van der Waals surface area contributed by atoms with Crippen LogP contribution < -0.4 is 10.3 Å². The number of H-pyrrole nitrogens is 1. The number of nitrogens with one attached hydrogen (secondary N) is 1. The van der Waals surface area contributed by atoms with Crippen LogP contribution in [0.2, 0.25) is 0 Å². The molecule has 0 spiro atoms. The molecule has 1 saturated heterocycles. The number of para-hydroxylation sites is 1. The molecule has 7 nitrogen and oxygen atoms in total. The fourth-order valence-corrected chi connectivity index (χ4v) is 3.23. The monoisotopic (exact) mass is 394 g/mol. The Balaban J connectivity index is 1.40. The van der Waals surface area contributed by atoms with Gasteiger partial charge in [-0.2, -0.15) is 0 Å². The topological polar surface area (TPSA) is 90.5 Å². The van der Waals surface area contributed by atoms with Crippen molar-refractivity contribution in [2.24, 2.45) is 0 Å². The highest BCUT2D eigenvalue weighted by Crippen LogP contribution is 2.19. The Labute approximate surface area is 167 Å². The van der Waals surface area contributed by atoms with Gasteiger partial charge in [-0.25, -0.2) is 9.78 Å². The van der Waals surface area contributed by atoms with Crippen molar-refractivity contribution >= 4 is 16.9 Å². The predicted octanol–water partition coefficient (Wildman–Crippen LogP) is 3.40. The highest BCUT2D eigenvalue weighted by Gasteiger charge is 2.18. The Morgan fingerprint density at radius 1 is 1.24 bits per heavy atom. The van der Waals surface area contributed by atoms with Crippen LogP contribution in [0.4, 0.5) is 0 Å². The van der Waals surface area contributed by atoms with Gasteiger partial charge in [0.2, 0.25) is 0 Å². The van der Waals surface area contributed by atoms with E-state index in [9.17, 15) is 9.59 Å². The number of ether oxygens (including phenoxy) is 3. The first kappa shape index (κ1) is 19.1. The minimum absolute atomic E-state index is 0.136. The molecular formula is C22H22N2O5. The summed E-state index contributed by atoms with van der Waals surface area (Å²) in [5, 5.41) is 0.494. The first-order chi connectivity index (χ1) is 14.1. The number of esters is 1. The van der Waals surface area contributed by atoms with Gasteiger partial charge < -0.3 is 19.2 Å². The number of carbonyl (C=O) groups excluding carboxylic acids is 1. The molecular weight excluding hydrogens is 372 g/mol. The summed E-state index contributed by atoms with van der Waals surface area (Å²) in [6, 6.07) is 13.8. The van der Waals surface area contributed by atoms with Gasteiger partial charge in [0.25, 0.3) is 5.56 Å². The molecule has 0 saturated carbocycles. The smallest absolute Gasteiger partial charge is 0.338 e. The number of hydrogen-bond donors (Lipinski definition) is 1. The summed E-state index contributed by atoms with van der Waals surface area (Å²) in [6.07, 6.45) is 1.51. The average Bonchev–Trinajstić information content (AvgIpc) is 3.26. The molecule has 0 radical (unpaired) electrons. The third-order valence-corrected chi connectivity index (χ3v) is 4.85. The van der Waals surface area contributed by atoms with Crippen molar-refractivity contribution in [1.29, 1.82) is 0 Å². The molecule has 1 aliphatic rings. The maximum Gasteiger partial charge on any atom is 0.338 e. The first-order valence-corrected chi connectivity index (χ1v) is 9.64. The second-order valence-corrected chi connectivity index (χ2v) is 6.99. The molecule has 4 rings (SSSR count). The lowest BCUT2D eigenvalue weighted by Crippen LogP contribution is -2.17. The molecule has 0 unspecified atom stereocenters. The second-order valence-electron chi connectivity index (χ2n) is 6.99. The predicted molar refractivity (Wildman–Crippen MR) is 107 cm³/mol. The molecule has 29 heavy (non-hydrogen) atoms. The van der Waals surface area contributed by atoms with Crippen LogP contribution in [-0.2, 0) is 9.47 Å². The number of hydrogen-bond acceptors (Lipinski definition) is 6. The van der Waals surface area contributed by atoms with Crippen LogP contribution in [0.25, 0.3) is 10.9 Å². The Bertz CT molecular complexity index is 1050. The van der Waals surface area contributed by atoms with Crippen molar-refractivity contribution in [2.75, 3.05) is 13.2 Å². The van der Waals surface area contributed by atoms with Crippen LogP contribution in [-0.4, -0.2) is 35.3 Å². The Hall–Kier alpha value is -3.19. The van der Waals surface area contributed by atoms with Crippen LogP contribution in [0.3, 0.4) is 0 Å². The third kappa shape index (κ3) is 4.46. The van der Waals surface area contributed by atoms with E-state index in [4.69, 9.17) is 14.2 Å². The van der Waals surface area contributed by atoms with Crippen molar-refractivity contribution < 1.29 is 19.0 Å². The van der Waals surface area contributed by atoms with E-state index in [-0.39, 0.29) is 11.7 Å². The Kier molecular flexibility index (Phi) is 5.57. The molecule has 7 heteroatoms. The zero-order valence-electron chi connectivity index (χ0n) is 16.1. The fraction of sp³-hybridized carbons (Fsp3) is 0.318. The summed E-state index contributed by atoms with van der Waals surface area (Å²) >= 11 is 0. The molecule has 1 N–H and O–H groups in total. The van der Waals surface area contributed by atoms with Gasteiger partial charge >= 0.3 is 5.97 Å². The summed E-state index contributed by atoms with van der Waals surface area (Å²) in [6.45, 7) is 2.96. The first-order valence-electron chi connectivity index (χ1n) is 9.64. The molecule has 2 heterocycles. The standard InChI is InChI=1S/C22H22N2O5/c1-14(20-23-19-7-3-2-6-18(19)21(25)24-20)29-22(26)15-8-10-16(11-9-15)28-13-17-5-4-12-27-17/h2-3,6-11,14,17H,4-5,12-13H2,1H3,(H,23,24,25)/t14-,17-/m0/s1. The van der Waals surface area contributed by atoms with Crippen LogP contribution in [0, 0.1) is 0 Å². The van der Waals surface area contributed by atoms with Crippen LogP contribution in [0.15, 0.2) is 53.3 Å². The van der Waals surface area contributed by atoms with Crippen LogP contribution in [0.1, 0.15) is 42.1 Å². The normalized spacial score (nSPS) is 17.2. The third-order valence-electron chi connectivity index (χ3n) is 4.85. The van der Waals surface area contributed by atoms with Gasteiger partial charge in [0.05, 0.1) is 22.6 Å². The number of benzene rings is 2. The molecule has 2 aromatic carbocycles. The minimum Gasteiger partial charge on any atom is -0.491 e. The van der Waals surface area contributed by atoms with Crippen molar-refractivity contribution in [3.8, 4) is 5.75 Å². The second kappa shape index (κ2) is 8.45. The number of fused-ring (bicyclic) bond motifs is 1. The zero-order valence-corrected chi connectivity index (χ0v) is 16.1. The van der Waals surface area contributed by atoms with E-state index in [1.165, 1.54) is 0 Å². The van der Waals surface area contributed by atoms with E-state index in [2.05, 4.69) is 9.97 Å². The number of nitrogens with zero attached hydrogens (tertiary/aromatic N) is 1. The van der Waals surface area contributed by atoms with E-state index in [1.54, 1.807) is 55.5 Å². The number of carbonyl (C=O) groups is 1. The molecule has 150 valence electrons. The van der Waals surface area contributed by atoms with Gasteiger partial charge in [0.15, 0.2) is 11.9 Å². The van der Waals surface area contributed by atoms with Gasteiger partial charge in [-0.15, -0.1) is 0 Å². The molecule has 3 aromatic rings. The Morgan fingerprint density at radius 2 is 2.03 bits per heavy atom. The van der Waals surface area contributed by atoms with Crippen molar-refractivity contribution in [1.82, 2.24) is 9.97 Å². The molecule has 1 aromatic heterocycles. The summed E-state index contributed by atoms with van der Waals surface area (Å²) in [7, 11) is 0. The molecule has 0 aliphatic carbocycles. The molecule has 0 bridgehead atoms. The quantitative estimate of drug-likeness (QED) is 0.645. The van der Waals surface area contributed by atoms with Gasteiger partial charge in [-0.05, 0) is 56.2 Å². The van der Waals surface area contributed by atoms with Crippen LogP contribution >= 0.6 is 0 Å². The Morgan fingerprint density at radius 3 is 2.79 bits per heavy atom. The van der Waals surface area contributed by atoms with E-state index >= 15 is 0 Å². The fourth-order valence-electron chi connectivity index (χ4n) is 3.23. The summed E-state index contributed by atoms with van der Waals surface area (Å²) in [4.78, 5) is 31.7. The lowest BCUT2D eigenvalue weighted by molar-refractivity contribution is 0.0319. The van der Waals surface area contributed by atoms with Gasteiger partial charge in [-0.1, -0.05) is 12.1 Å². The van der Waals surface area contributed by atoms with Gasteiger partial charge in [-0.3, -0.25) is 4.79 Å². The van der Waals surface area contributed by atoms with Crippen molar-refractivity contribution in [3.63, 3.8) is 0 Å². The average molecular weight is 394 g/mol. The lowest BCUT2D eigenvalue weighted by Gasteiger charge is -2.14. The SMILES string of the molecule is C[C@H](OC(=O)c1ccc(OC[C@@H]2CCCO2)cc1)c1nc2ccccc2c(=O)[nH]1. The van der Waals surface area contributed by atoms with Gasteiger partial charge in [0.1, 0.15) is 12.4 Å². The molecule has 1 aliphatic heterocycles. The van der Waals surface area contributed by atoms with E-state index in [0.717, 1.165) is 19.4 Å². The molecule has 1 fully saturated rings. The number of aromatic nitrogens is 2. The van der Waals surface area contributed by atoms with E-state index in [1.807, 2.05) is 0 Å². The highest BCUT2D eigenvalue weighted by atomic mass is 16.5. The number of aromatic amines is 1. The van der Waals surface area contributed by atoms with E-state index < -0.39 is 12.1 Å². The maximum atomic E-state index is 12.5. The molecule has 2 atom stereocenters. The summed E-state index contributed by atoms with van der Waals surface area (Å²) in [5.41, 5.74) is 0.688. The summed E-state index contributed by atoms with van der Waals surface area (Å²) in [5.74, 6) is 0.475. The maximum absolute atomic E-state index is 12.5. The number of rotatable bonds is 6. The lowest BCUT2D eigenvalue weighted by atomic mass is 10.2. The molecule has 0 amide bonds. The van der Waals surface area contributed by atoms with Crippen molar-refractivity contribution in [3.05, 3.63) is 70.3 Å². The minimum atomic E-state index is -0.699. The van der Waals surface area contributed by atoms with Crippen LogP contribution in [0.5, 0.6) is 5.75 Å². The zero-order chi connectivity index (χ0) is 20.2. The van der Waals surface area contributed by atoms with Crippen molar-refractivity contribution in [2.45, 2.75) is 32.0 Å².